The van der Waals surface area contributed by atoms with Crippen molar-refractivity contribution in [3.05, 3.63) is 89.3 Å². The van der Waals surface area contributed by atoms with Crippen molar-refractivity contribution in [3.63, 3.8) is 0 Å². The Bertz CT molecular complexity index is 1370. The predicted molar refractivity (Wildman–Crippen MR) is 136 cm³/mol. The highest BCUT2D eigenvalue weighted by molar-refractivity contribution is 6.00. The third-order valence-corrected chi connectivity index (χ3v) is 5.03. The number of hydrogen-bond acceptors (Lipinski definition) is 5. The van der Waals surface area contributed by atoms with Gasteiger partial charge >= 0.3 is 12.2 Å². The summed E-state index contributed by atoms with van der Waals surface area (Å²) in [5.74, 6) is -0.0194. The van der Waals surface area contributed by atoms with Gasteiger partial charge in [-0.05, 0) is 68.0 Å². The molecule has 0 fully saturated rings. The number of rotatable bonds is 8. The number of benzene rings is 2. The number of alkyl halides is 3. The van der Waals surface area contributed by atoms with Gasteiger partial charge in [0.05, 0.1) is 5.56 Å². The molecule has 0 radical (unpaired) electrons. The zero-order valence-electron chi connectivity index (χ0n) is 20.8. The van der Waals surface area contributed by atoms with Crippen LogP contribution in [0.4, 0.5) is 29.3 Å². The first kappa shape index (κ1) is 27.9. The maximum atomic E-state index is 13.6. The highest BCUT2D eigenvalue weighted by Gasteiger charge is 2.34. The van der Waals surface area contributed by atoms with E-state index < -0.39 is 30.0 Å². The molecule has 0 aliphatic carbocycles. The van der Waals surface area contributed by atoms with Crippen LogP contribution in [-0.2, 0) is 17.4 Å². The van der Waals surface area contributed by atoms with Crippen molar-refractivity contribution in [3.8, 4) is 11.5 Å². The molecule has 0 aliphatic rings. The van der Waals surface area contributed by atoms with E-state index in [1.165, 1.54) is 49.7 Å². The van der Waals surface area contributed by atoms with Crippen LogP contribution in [0, 0.1) is 0 Å². The van der Waals surface area contributed by atoms with Gasteiger partial charge in [-0.25, -0.2) is 4.79 Å². The minimum absolute atomic E-state index is 0.0854. The second-order valence-corrected chi connectivity index (χ2v) is 8.40. The van der Waals surface area contributed by atoms with Crippen LogP contribution in [0.15, 0.2) is 72.4 Å². The van der Waals surface area contributed by atoms with Crippen molar-refractivity contribution in [2.45, 2.75) is 26.4 Å². The number of ether oxygens (including phenoxy) is 1. The number of ketones is 1. The molecule has 0 unspecified atom stereocenters. The number of aromatic nitrogens is 1. The number of halogens is 3. The number of amides is 3. The Morgan fingerprint density at radius 3 is 2.21 bits per heavy atom. The van der Waals surface area contributed by atoms with Crippen LogP contribution in [0.3, 0.4) is 0 Å². The van der Waals surface area contributed by atoms with E-state index in [0.29, 0.717) is 22.8 Å². The molecule has 0 atom stereocenters. The number of nitrogens with zero attached hydrogens (tertiary/aromatic N) is 1. The number of allylic oxidation sites excluding steroid dienone is 2. The van der Waals surface area contributed by atoms with Crippen molar-refractivity contribution in [2.75, 3.05) is 17.7 Å². The number of carbonyl (C=O) groups excluding carboxylic acids is 3. The lowest BCUT2D eigenvalue weighted by atomic mass is 10.00. The SMILES string of the molecule is CNC(=O)c1cc(Oc2ccc(NC(=O)Nc3ccc(CC(=O)C=C(C)C)c(C(F)(F)F)c3)cc2)ccn1. The van der Waals surface area contributed by atoms with E-state index in [9.17, 15) is 27.6 Å². The number of nitrogens with one attached hydrogen (secondary N) is 3. The Hall–Kier alpha value is -4.67. The standard InChI is InChI=1S/C27H25F3N4O4/c1-16(2)12-20(35)13-17-4-5-19(14-23(17)27(28,29)30)34-26(37)33-18-6-8-21(9-7-18)38-22-10-11-32-24(15-22)25(36)31-3/h4-12,14-15H,13H2,1-3H3,(H,31,36)(H2,33,34,37). The summed E-state index contributed by atoms with van der Waals surface area (Å²) in [5, 5.41) is 7.36. The number of carbonyl (C=O) groups is 3. The Labute approximate surface area is 216 Å². The number of urea groups is 1. The van der Waals surface area contributed by atoms with Crippen LogP contribution in [0.25, 0.3) is 0 Å². The molecule has 3 rings (SSSR count). The normalized spacial score (nSPS) is 10.8. The molecule has 0 bridgehead atoms. The lowest BCUT2D eigenvalue weighted by Crippen LogP contribution is -2.20. The van der Waals surface area contributed by atoms with Gasteiger partial charge < -0.3 is 20.7 Å². The van der Waals surface area contributed by atoms with Gasteiger partial charge in [-0.15, -0.1) is 0 Å². The van der Waals surface area contributed by atoms with E-state index in [1.54, 1.807) is 32.0 Å². The quantitative estimate of drug-likeness (QED) is 0.313. The Morgan fingerprint density at radius 1 is 0.921 bits per heavy atom. The summed E-state index contributed by atoms with van der Waals surface area (Å²) in [6.07, 6.45) is -2.40. The van der Waals surface area contributed by atoms with E-state index in [1.807, 2.05) is 0 Å². The van der Waals surface area contributed by atoms with Crippen molar-refractivity contribution in [1.29, 1.82) is 0 Å². The molecule has 3 amide bonds. The zero-order valence-corrected chi connectivity index (χ0v) is 20.8. The predicted octanol–water partition coefficient (Wildman–Crippen LogP) is 5.97. The molecule has 1 heterocycles. The summed E-state index contributed by atoms with van der Waals surface area (Å²) in [5.41, 5.74) is -0.0404. The third-order valence-electron chi connectivity index (χ3n) is 5.03. The molecule has 38 heavy (non-hydrogen) atoms. The highest BCUT2D eigenvalue weighted by atomic mass is 19.4. The van der Waals surface area contributed by atoms with Gasteiger partial charge in [0.1, 0.15) is 17.2 Å². The van der Waals surface area contributed by atoms with Crippen molar-refractivity contribution >= 4 is 29.1 Å². The van der Waals surface area contributed by atoms with Crippen molar-refractivity contribution < 1.29 is 32.3 Å². The highest BCUT2D eigenvalue weighted by Crippen LogP contribution is 2.34. The molecule has 8 nitrogen and oxygen atoms in total. The third kappa shape index (κ3) is 7.92. The largest absolute Gasteiger partial charge is 0.457 e. The fraction of sp³-hybridized carbons (Fsp3) is 0.185. The molecular formula is C27H25F3N4O4. The molecule has 198 valence electrons. The molecule has 3 aromatic rings. The number of pyridine rings is 1. The molecule has 0 spiro atoms. The van der Waals surface area contributed by atoms with Crippen molar-refractivity contribution in [1.82, 2.24) is 10.3 Å². The smallest absolute Gasteiger partial charge is 0.416 e. The van der Waals surface area contributed by atoms with Crippen LogP contribution in [0.2, 0.25) is 0 Å². The van der Waals surface area contributed by atoms with Gasteiger partial charge in [0, 0.05) is 37.1 Å². The minimum atomic E-state index is -4.71. The Kier molecular flexibility index (Phi) is 8.85. The fourth-order valence-corrected chi connectivity index (χ4v) is 3.40. The molecule has 0 aliphatic heterocycles. The lowest BCUT2D eigenvalue weighted by Gasteiger charge is -2.15. The molecule has 0 saturated carbocycles. The van der Waals surface area contributed by atoms with E-state index in [-0.39, 0.29) is 22.9 Å². The second-order valence-electron chi connectivity index (χ2n) is 8.40. The van der Waals surface area contributed by atoms with E-state index in [0.717, 1.165) is 6.07 Å². The molecule has 3 N–H and O–H groups in total. The van der Waals surface area contributed by atoms with Crippen LogP contribution in [-0.4, -0.2) is 29.8 Å². The first-order chi connectivity index (χ1) is 17.9. The summed E-state index contributed by atoms with van der Waals surface area (Å²) in [6, 6.07) is 11.8. The second kappa shape index (κ2) is 12.0. The molecule has 11 heteroatoms. The Balaban J connectivity index is 1.66. The van der Waals surface area contributed by atoms with Crippen LogP contribution >= 0.6 is 0 Å². The summed E-state index contributed by atoms with van der Waals surface area (Å²) in [6.45, 7) is 3.36. The zero-order chi connectivity index (χ0) is 27.9. The van der Waals surface area contributed by atoms with E-state index in [4.69, 9.17) is 4.74 Å². The summed E-state index contributed by atoms with van der Waals surface area (Å²) in [4.78, 5) is 40.1. The molecule has 0 saturated heterocycles. The first-order valence-electron chi connectivity index (χ1n) is 11.4. The summed E-state index contributed by atoms with van der Waals surface area (Å²) in [7, 11) is 1.49. The van der Waals surface area contributed by atoms with Crippen LogP contribution < -0.4 is 20.7 Å². The van der Waals surface area contributed by atoms with Gasteiger partial charge in [0.25, 0.3) is 5.91 Å². The van der Waals surface area contributed by atoms with Gasteiger partial charge in [0.2, 0.25) is 0 Å². The van der Waals surface area contributed by atoms with Crippen LogP contribution in [0.1, 0.15) is 35.5 Å². The van der Waals surface area contributed by atoms with Gasteiger partial charge in [-0.3, -0.25) is 14.6 Å². The van der Waals surface area contributed by atoms with Gasteiger partial charge in [-0.2, -0.15) is 13.2 Å². The van der Waals surface area contributed by atoms with E-state index >= 15 is 0 Å². The van der Waals surface area contributed by atoms with Crippen molar-refractivity contribution in [2.24, 2.45) is 0 Å². The average molecular weight is 527 g/mol. The number of anilines is 2. The Morgan fingerprint density at radius 2 is 1.58 bits per heavy atom. The van der Waals surface area contributed by atoms with E-state index in [2.05, 4.69) is 20.9 Å². The number of hydrogen-bond donors (Lipinski definition) is 3. The van der Waals surface area contributed by atoms with Crippen LogP contribution in [0.5, 0.6) is 11.5 Å². The minimum Gasteiger partial charge on any atom is -0.457 e. The maximum absolute atomic E-state index is 13.6. The fourth-order valence-electron chi connectivity index (χ4n) is 3.40. The monoisotopic (exact) mass is 526 g/mol. The summed E-state index contributed by atoms with van der Waals surface area (Å²) >= 11 is 0. The summed E-state index contributed by atoms with van der Waals surface area (Å²) < 4.78 is 46.5. The molecule has 1 aromatic heterocycles. The molecule has 2 aromatic carbocycles. The van der Waals surface area contributed by atoms with Gasteiger partial charge in [0.15, 0.2) is 5.78 Å². The van der Waals surface area contributed by atoms with Gasteiger partial charge in [-0.1, -0.05) is 11.6 Å². The topological polar surface area (TPSA) is 109 Å². The molecular weight excluding hydrogens is 501 g/mol. The average Bonchev–Trinajstić information content (AvgIpc) is 2.84. The maximum Gasteiger partial charge on any atom is 0.416 e. The first-order valence-corrected chi connectivity index (χ1v) is 11.4. The lowest BCUT2D eigenvalue weighted by molar-refractivity contribution is -0.138.